The Bertz CT molecular complexity index is 251. The maximum absolute atomic E-state index is 3.92. The van der Waals surface area contributed by atoms with E-state index in [9.17, 15) is 0 Å². The highest BCUT2D eigenvalue weighted by atomic mass is 32.2. The van der Waals surface area contributed by atoms with Crippen molar-refractivity contribution in [3.63, 3.8) is 0 Å². The Kier molecular flexibility index (Phi) is 5.40. The van der Waals surface area contributed by atoms with E-state index in [1.165, 1.54) is 57.5 Å². The molecule has 1 spiro atoms. The van der Waals surface area contributed by atoms with Gasteiger partial charge in [0.25, 0.3) is 0 Å². The Balaban J connectivity index is 2.00. The number of rotatable bonds is 5. The Morgan fingerprint density at radius 2 is 2.11 bits per heavy atom. The van der Waals surface area contributed by atoms with Crippen LogP contribution in [0.15, 0.2) is 0 Å². The van der Waals surface area contributed by atoms with E-state index in [2.05, 4.69) is 30.3 Å². The first kappa shape index (κ1) is 14.7. The van der Waals surface area contributed by atoms with E-state index in [0.29, 0.717) is 5.54 Å². The zero-order valence-electron chi connectivity index (χ0n) is 12.4. The standard InChI is InChI=1S/C15H30N2S/c1-4-13(2)14-11-16-15(7-5-6-8-15)12-17(14)9-10-18-3/h13-14,16H,4-12H2,1-3H3. The molecule has 1 aliphatic carbocycles. The van der Waals surface area contributed by atoms with Crippen LogP contribution in [-0.4, -0.2) is 48.1 Å². The molecular weight excluding hydrogens is 240 g/mol. The van der Waals surface area contributed by atoms with Crippen molar-refractivity contribution in [3.8, 4) is 0 Å². The van der Waals surface area contributed by atoms with Gasteiger partial charge in [0.1, 0.15) is 0 Å². The first-order valence-corrected chi connectivity index (χ1v) is 9.08. The van der Waals surface area contributed by atoms with Gasteiger partial charge in [0.2, 0.25) is 0 Å². The van der Waals surface area contributed by atoms with Crippen LogP contribution in [0.25, 0.3) is 0 Å². The fraction of sp³-hybridized carbons (Fsp3) is 1.00. The van der Waals surface area contributed by atoms with Crippen molar-refractivity contribution in [2.45, 2.75) is 57.5 Å². The number of nitrogens with zero attached hydrogens (tertiary/aromatic N) is 1. The van der Waals surface area contributed by atoms with Gasteiger partial charge in [0, 0.05) is 37.0 Å². The van der Waals surface area contributed by atoms with Gasteiger partial charge in [-0.2, -0.15) is 11.8 Å². The van der Waals surface area contributed by atoms with E-state index in [1.807, 2.05) is 11.8 Å². The normalized spacial score (nSPS) is 29.8. The van der Waals surface area contributed by atoms with E-state index in [1.54, 1.807) is 0 Å². The molecule has 0 radical (unpaired) electrons. The molecule has 0 bridgehead atoms. The maximum atomic E-state index is 3.92. The molecule has 2 nitrogen and oxygen atoms in total. The van der Waals surface area contributed by atoms with Gasteiger partial charge in [0.05, 0.1) is 0 Å². The molecule has 2 aliphatic rings. The third-order valence-electron chi connectivity index (χ3n) is 5.11. The molecule has 3 heteroatoms. The minimum atomic E-state index is 0.475. The minimum absolute atomic E-state index is 0.475. The molecule has 2 unspecified atom stereocenters. The van der Waals surface area contributed by atoms with Crippen LogP contribution in [0.2, 0.25) is 0 Å². The molecule has 2 atom stereocenters. The SMILES string of the molecule is CCC(C)C1CNC2(CCCC2)CN1CCSC. The van der Waals surface area contributed by atoms with E-state index in [4.69, 9.17) is 0 Å². The molecule has 106 valence electrons. The molecule has 0 aromatic carbocycles. The van der Waals surface area contributed by atoms with E-state index in [0.717, 1.165) is 12.0 Å². The van der Waals surface area contributed by atoms with Crippen LogP contribution < -0.4 is 5.32 Å². The number of nitrogens with one attached hydrogen (secondary N) is 1. The first-order valence-electron chi connectivity index (χ1n) is 7.69. The number of thioether (sulfide) groups is 1. The zero-order valence-corrected chi connectivity index (χ0v) is 13.2. The number of hydrogen-bond acceptors (Lipinski definition) is 3. The summed E-state index contributed by atoms with van der Waals surface area (Å²) < 4.78 is 0. The summed E-state index contributed by atoms with van der Waals surface area (Å²) in [5.41, 5.74) is 0.475. The van der Waals surface area contributed by atoms with Crippen molar-refractivity contribution in [3.05, 3.63) is 0 Å². The summed E-state index contributed by atoms with van der Waals surface area (Å²) in [6.45, 7) is 8.54. The monoisotopic (exact) mass is 270 g/mol. The van der Waals surface area contributed by atoms with Crippen molar-refractivity contribution < 1.29 is 0 Å². The van der Waals surface area contributed by atoms with Crippen LogP contribution in [0, 0.1) is 5.92 Å². The van der Waals surface area contributed by atoms with Gasteiger partial charge in [-0.1, -0.05) is 33.1 Å². The fourth-order valence-corrected chi connectivity index (χ4v) is 4.10. The molecule has 1 heterocycles. The van der Waals surface area contributed by atoms with Gasteiger partial charge in [-0.15, -0.1) is 0 Å². The van der Waals surface area contributed by atoms with Gasteiger partial charge in [0.15, 0.2) is 0 Å². The summed E-state index contributed by atoms with van der Waals surface area (Å²) in [4.78, 5) is 2.80. The Hall–Kier alpha value is 0.270. The number of hydrogen-bond donors (Lipinski definition) is 1. The van der Waals surface area contributed by atoms with Crippen LogP contribution in [-0.2, 0) is 0 Å². The molecule has 0 aromatic heterocycles. The summed E-state index contributed by atoms with van der Waals surface area (Å²) in [5.74, 6) is 2.10. The van der Waals surface area contributed by atoms with Crippen LogP contribution in [0.5, 0.6) is 0 Å². The second-order valence-electron chi connectivity index (χ2n) is 6.28. The fourth-order valence-electron chi connectivity index (χ4n) is 3.69. The van der Waals surface area contributed by atoms with Crippen LogP contribution in [0.3, 0.4) is 0 Å². The quantitative estimate of drug-likeness (QED) is 0.827. The van der Waals surface area contributed by atoms with Crippen molar-refractivity contribution in [2.75, 3.05) is 31.6 Å². The van der Waals surface area contributed by atoms with Crippen molar-refractivity contribution in [1.82, 2.24) is 10.2 Å². The smallest absolute Gasteiger partial charge is 0.0309 e. The van der Waals surface area contributed by atoms with Crippen LogP contribution in [0.1, 0.15) is 46.0 Å². The molecule has 1 saturated heterocycles. The first-order chi connectivity index (χ1) is 8.71. The highest BCUT2D eigenvalue weighted by molar-refractivity contribution is 7.98. The Labute approximate surface area is 117 Å². The lowest BCUT2D eigenvalue weighted by atomic mass is 9.88. The molecule has 0 amide bonds. The summed E-state index contributed by atoms with van der Waals surface area (Å²) in [6.07, 6.45) is 9.18. The average Bonchev–Trinajstić information content (AvgIpc) is 2.84. The third-order valence-corrected chi connectivity index (χ3v) is 5.70. The van der Waals surface area contributed by atoms with Gasteiger partial charge < -0.3 is 5.32 Å². The molecule has 1 aliphatic heterocycles. The van der Waals surface area contributed by atoms with Gasteiger partial charge in [-0.3, -0.25) is 4.90 Å². The van der Waals surface area contributed by atoms with Gasteiger partial charge in [-0.05, 0) is 25.0 Å². The molecule has 2 fully saturated rings. The minimum Gasteiger partial charge on any atom is -0.308 e. The molecule has 18 heavy (non-hydrogen) atoms. The topological polar surface area (TPSA) is 15.3 Å². The lowest BCUT2D eigenvalue weighted by Crippen LogP contribution is -2.64. The molecule has 2 rings (SSSR count). The summed E-state index contributed by atoms with van der Waals surface area (Å²) in [5, 5.41) is 3.92. The van der Waals surface area contributed by atoms with E-state index in [-0.39, 0.29) is 0 Å². The molecule has 1 N–H and O–H groups in total. The average molecular weight is 270 g/mol. The Morgan fingerprint density at radius 3 is 2.72 bits per heavy atom. The summed E-state index contributed by atoms with van der Waals surface area (Å²) in [6, 6.07) is 0.758. The van der Waals surface area contributed by atoms with Crippen molar-refractivity contribution >= 4 is 11.8 Å². The molecular formula is C15H30N2S. The second kappa shape index (κ2) is 6.62. The highest BCUT2D eigenvalue weighted by Gasteiger charge is 2.41. The molecule has 1 saturated carbocycles. The van der Waals surface area contributed by atoms with Crippen LogP contribution >= 0.6 is 11.8 Å². The van der Waals surface area contributed by atoms with Crippen molar-refractivity contribution in [1.29, 1.82) is 0 Å². The largest absolute Gasteiger partial charge is 0.308 e. The predicted molar refractivity (Wildman–Crippen MR) is 82.4 cm³/mol. The summed E-state index contributed by atoms with van der Waals surface area (Å²) in [7, 11) is 0. The maximum Gasteiger partial charge on any atom is 0.0309 e. The lowest BCUT2D eigenvalue weighted by molar-refractivity contribution is 0.0574. The summed E-state index contributed by atoms with van der Waals surface area (Å²) >= 11 is 1.99. The van der Waals surface area contributed by atoms with E-state index >= 15 is 0 Å². The zero-order chi connectivity index (χ0) is 13.0. The van der Waals surface area contributed by atoms with E-state index < -0.39 is 0 Å². The predicted octanol–water partition coefficient (Wildman–Crippen LogP) is 2.98. The molecule has 0 aromatic rings. The lowest BCUT2D eigenvalue weighted by Gasteiger charge is -2.48. The highest BCUT2D eigenvalue weighted by Crippen LogP contribution is 2.34. The van der Waals surface area contributed by atoms with Crippen molar-refractivity contribution in [2.24, 2.45) is 5.92 Å². The van der Waals surface area contributed by atoms with Crippen LogP contribution in [0.4, 0.5) is 0 Å². The third kappa shape index (κ3) is 3.23. The van der Waals surface area contributed by atoms with Gasteiger partial charge >= 0.3 is 0 Å². The number of piperazine rings is 1. The second-order valence-corrected chi connectivity index (χ2v) is 7.27. The Morgan fingerprint density at radius 1 is 1.39 bits per heavy atom. The van der Waals surface area contributed by atoms with Gasteiger partial charge in [-0.25, -0.2) is 0 Å².